The summed E-state index contributed by atoms with van der Waals surface area (Å²) in [7, 11) is 1.66. The second-order valence-corrected chi connectivity index (χ2v) is 4.43. The van der Waals surface area contributed by atoms with Crippen LogP contribution < -0.4 is 15.8 Å². The third-order valence-corrected chi connectivity index (χ3v) is 3.29. The Morgan fingerprint density at radius 1 is 1.38 bits per heavy atom. The highest BCUT2D eigenvalue weighted by molar-refractivity contribution is 5.51. The summed E-state index contributed by atoms with van der Waals surface area (Å²) >= 11 is 0. The third-order valence-electron chi connectivity index (χ3n) is 3.29. The number of hydrogen-bond donors (Lipinski definition) is 2. The first-order chi connectivity index (χ1) is 7.79. The van der Waals surface area contributed by atoms with Gasteiger partial charge in [0.15, 0.2) is 0 Å². The maximum atomic E-state index is 5.96. The number of hydrogen-bond acceptors (Lipinski definition) is 3. The van der Waals surface area contributed by atoms with Crippen molar-refractivity contribution < 1.29 is 4.74 Å². The van der Waals surface area contributed by atoms with Gasteiger partial charge in [-0.2, -0.15) is 0 Å². The summed E-state index contributed by atoms with van der Waals surface area (Å²) in [6, 6.07) is 6.56. The molecule has 3 nitrogen and oxygen atoms in total. The van der Waals surface area contributed by atoms with E-state index in [4.69, 9.17) is 10.5 Å². The molecule has 0 unspecified atom stereocenters. The van der Waals surface area contributed by atoms with E-state index in [0.29, 0.717) is 6.04 Å². The van der Waals surface area contributed by atoms with E-state index in [1.165, 1.54) is 25.7 Å². The molecule has 3 N–H and O–H groups in total. The van der Waals surface area contributed by atoms with Crippen molar-refractivity contribution in [2.45, 2.75) is 38.3 Å². The zero-order chi connectivity index (χ0) is 11.4. The van der Waals surface area contributed by atoms with Crippen LogP contribution in [0.2, 0.25) is 0 Å². The first kappa shape index (κ1) is 11.3. The van der Waals surface area contributed by atoms with Crippen LogP contribution in [-0.4, -0.2) is 13.2 Å². The monoisotopic (exact) mass is 220 g/mol. The minimum absolute atomic E-state index is 0.682. The van der Waals surface area contributed by atoms with Gasteiger partial charge in [-0.05, 0) is 24.5 Å². The van der Waals surface area contributed by atoms with Crippen molar-refractivity contribution in [3.8, 4) is 5.75 Å². The summed E-state index contributed by atoms with van der Waals surface area (Å²) in [5.41, 5.74) is 7.93. The summed E-state index contributed by atoms with van der Waals surface area (Å²) in [6.45, 7) is 0.862. The number of benzene rings is 1. The number of nitrogens with one attached hydrogen (secondary N) is 1. The topological polar surface area (TPSA) is 47.3 Å². The van der Waals surface area contributed by atoms with Crippen LogP contribution in [0.15, 0.2) is 18.2 Å². The molecule has 0 bridgehead atoms. The van der Waals surface area contributed by atoms with Crippen molar-refractivity contribution in [1.82, 2.24) is 5.32 Å². The lowest BCUT2D eigenvalue weighted by Crippen LogP contribution is -2.25. The highest BCUT2D eigenvalue weighted by atomic mass is 16.5. The molecule has 1 aromatic carbocycles. The second-order valence-electron chi connectivity index (χ2n) is 4.43. The lowest BCUT2D eigenvalue weighted by molar-refractivity contribution is 0.415. The molecule has 2 rings (SSSR count). The minimum atomic E-state index is 0.682. The summed E-state index contributed by atoms with van der Waals surface area (Å²) in [5.74, 6) is 0.821. The van der Waals surface area contributed by atoms with Crippen molar-refractivity contribution in [3.63, 3.8) is 0 Å². The van der Waals surface area contributed by atoms with Crippen LogP contribution in [-0.2, 0) is 6.54 Å². The van der Waals surface area contributed by atoms with Gasteiger partial charge in [-0.25, -0.2) is 0 Å². The molecule has 1 aromatic rings. The van der Waals surface area contributed by atoms with E-state index in [0.717, 1.165) is 23.5 Å². The SMILES string of the molecule is COc1ccc(CNC2CCCC2)c(N)c1. The lowest BCUT2D eigenvalue weighted by Gasteiger charge is -2.13. The van der Waals surface area contributed by atoms with Crippen molar-refractivity contribution >= 4 is 5.69 Å². The Balaban J connectivity index is 1.93. The zero-order valence-corrected chi connectivity index (χ0v) is 9.83. The van der Waals surface area contributed by atoms with Gasteiger partial charge in [-0.15, -0.1) is 0 Å². The molecule has 1 aliphatic rings. The van der Waals surface area contributed by atoms with Crippen molar-refractivity contribution in [2.75, 3.05) is 12.8 Å². The molecule has 88 valence electrons. The largest absolute Gasteiger partial charge is 0.497 e. The number of methoxy groups -OCH3 is 1. The zero-order valence-electron chi connectivity index (χ0n) is 9.83. The molecule has 0 heterocycles. The van der Waals surface area contributed by atoms with Crippen LogP contribution in [0.1, 0.15) is 31.2 Å². The summed E-state index contributed by atoms with van der Waals surface area (Å²) in [6.07, 6.45) is 5.32. The first-order valence-corrected chi connectivity index (χ1v) is 5.95. The van der Waals surface area contributed by atoms with Gasteiger partial charge in [0.1, 0.15) is 5.75 Å². The number of ether oxygens (including phenoxy) is 1. The average Bonchev–Trinajstić information content (AvgIpc) is 2.80. The number of rotatable bonds is 4. The Morgan fingerprint density at radius 2 is 2.12 bits per heavy atom. The number of nitrogen functional groups attached to an aromatic ring is 1. The quantitative estimate of drug-likeness (QED) is 0.765. The predicted octanol–water partition coefficient (Wildman–Crippen LogP) is 2.31. The molecule has 0 saturated heterocycles. The van der Waals surface area contributed by atoms with Crippen molar-refractivity contribution in [2.24, 2.45) is 0 Å². The number of anilines is 1. The smallest absolute Gasteiger partial charge is 0.120 e. The van der Waals surface area contributed by atoms with Crippen LogP contribution in [0.25, 0.3) is 0 Å². The molecule has 0 aromatic heterocycles. The van der Waals surface area contributed by atoms with E-state index in [9.17, 15) is 0 Å². The van der Waals surface area contributed by atoms with Crippen LogP contribution >= 0.6 is 0 Å². The second kappa shape index (κ2) is 5.21. The Kier molecular flexibility index (Phi) is 3.67. The van der Waals surface area contributed by atoms with Crippen molar-refractivity contribution in [1.29, 1.82) is 0 Å². The highest BCUT2D eigenvalue weighted by Crippen LogP contribution is 2.21. The Bertz CT molecular complexity index is 346. The van der Waals surface area contributed by atoms with Crippen LogP contribution in [0.4, 0.5) is 5.69 Å². The van der Waals surface area contributed by atoms with E-state index in [1.807, 2.05) is 18.2 Å². The first-order valence-electron chi connectivity index (χ1n) is 5.95. The van der Waals surface area contributed by atoms with Gasteiger partial charge in [0.05, 0.1) is 7.11 Å². The summed E-state index contributed by atoms with van der Waals surface area (Å²) < 4.78 is 5.13. The van der Waals surface area contributed by atoms with E-state index < -0.39 is 0 Å². The van der Waals surface area contributed by atoms with E-state index >= 15 is 0 Å². The molecule has 16 heavy (non-hydrogen) atoms. The van der Waals surface area contributed by atoms with Crippen molar-refractivity contribution in [3.05, 3.63) is 23.8 Å². The summed E-state index contributed by atoms with van der Waals surface area (Å²) in [4.78, 5) is 0. The predicted molar refractivity (Wildman–Crippen MR) is 66.5 cm³/mol. The Labute approximate surface area is 97.0 Å². The Morgan fingerprint density at radius 3 is 2.75 bits per heavy atom. The van der Waals surface area contributed by atoms with Crippen LogP contribution in [0.5, 0.6) is 5.75 Å². The molecular formula is C13H20N2O. The average molecular weight is 220 g/mol. The molecule has 0 spiro atoms. The van der Waals surface area contributed by atoms with Gasteiger partial charge in [-0.3, -0.25) is 0 Å². The molecule has 0 radical (unpaired) electrons. The molecule has 0 atom stereocenters. The lowest BCUT2D eigenvalue weighted by atomic mass is 10.1. The minimum Gasteiger partial charge on any atom is -0.497 e. The molecule has 0 amide bonds. The fourth-order valence-corrected chi connectivity index (χ4v) is 2.25. The van der Waals surface area contributed by atoms with Gasteiger partial charge < -0.3 is 15.8 Å². The maximum Gasteiger partial charge on any atom is 0.120 e. The fourth-order valence-electron chi connectivity index (χ4n) is 2.25. The molecule has 1 fully saturated rings. The molecular weight excluding hydrogens is 200 g/mol. The van der Waals surface area contributed by atoms with Gasteiger partial charge in [0, 0.05) is 24.3 Å². The summed E-state index contributed by atoms with van der Waals surface area (Å²) in [5, 5.41) is 3.56. The van der Waals surface area contributed by atoms with Gasteiger partial charge in [0.25, 0.3) is 0 Å². The van der Waals surface area contributed by atoms with Crippen LogP contribution in [0.3, 0.4) is 0 Å². The van der Waals surface area contributed by atoms with E-state index in [1.54, 1.807) is 7.11 Å². The third kappa shape index (κ3) is 2.67. The van der Waals surface area contributed by atoms with E-state index in [2.05, 4.69) is 5.32 Å². The highest BCUT2D eigenvalue weighted by Gasteiger charge is 2.14. The van der Waals surface area contributed by atoms with Crippen LogP contribution in [0, 0.1) is 0 Å². The normalized spacial score (nSPS) is 16.6. The Hall–Kier alpha value is -1.22. The standard InChI is InChI=1S/C13H20N2O/c1-16-12-7-6-10(13(14)8-12)9-15-11-4-2-3-5-11/h6-8,11,15H,2-5,9,14H2,1H3. The molecule has 0 aliphatic heterocycles. The fraction of sp³-hybridized carbons (Fsp3) is 0.538. The van der Waals surface area contributed by atoms with Gasteiger partial charge >= 0.3 is 0 Å². The number of nitrogens with two attached hydrogens (primary N) is 1. The maximum absolute atomic E-state index is 5.96. The van der Waals surface area contributed by atoms with Gasteiger partial charge in [0.2, 0.25) is 0 Å². The van der Waals surface area contributed by atoms with E-state index in [-0.39, 0.29) is 0 Å². The van der Waals surface area contributed by atoms with Gasteiger partial charge in [-0.1, -0.05) is 18.9 Å². The molecule has 3 heteroatoms. The molecule has 1 saturated carbocycles. The molecule has 1 aliphatic carbocycles.